The zero-order valence-electron chi connectivity index (χ0n) is 14.6. The number of aryl methyl sites for hydroxylation is 1. The highest BCUT2D eigenvalue weighted by Crippen LogP contribution is 2.19. The highest BCUT2D eigenvalue weighted by Gasteiger charge is 2.17. The molecule has 0 radical (unpaired) electrons. The van der Waals surface area contributed by atoms with Gasteiger partial charge in [-0.2, -0.15) is 4.98 Å². The van der Waals surface area contributed by atoms with Crippen LogP contribution in [0, 0.1) is 6.92 Å². The van der Waals surface area contributed by atoms with E-state index in [1.807, 2.05) is 13.0 Å². The first-order valence-electron chi connectivity index (χ1n) is 8.24. The third-order valence-corrected chi connectivity index (χ3v) is 4.05. The topological polar surface area (TPSA) is 66.5 Å². The van der Waals surface area contributed by atoms with Gasteiger partial charge in [-0.25, -0.2) is 0 Å². The Morgan fingerprint density at radius 3 is 2.60 bits per heavy atom. The van der Waals surface area contributed by atoms with Crippen LogP contribution in [0.4, 0.5) is 0 Å². The fourth-order valence-corrected chi connectivity index (χ4v) is 2.83. The van der Waals surface area contributed by atoms with E-state index in [9.17, 15) is 0 Å². The number of likely N-dealkylation sites (tertiary alicyclic amines) is 1. The van der Waals surface area contributed by atoms with E-state index in [2.05, 4.69) is 55.7 Å². The average Bonchev–Trinajstić information content (AvgIpc) is 3.03. The van der Waals surface area contributed by atoms with Gasteiger partial charge in [-0.1, -0.05) is 47.1 Å². The molecule has 0 aliphatic carbocycles. The molecule has 1 N–H and O–H groups in total. The Morgan fingerprint density at radius 1 is 1.28 bits per heavy atom. The fraction of sp³-hybridized carbons (Fsp3) is 0.389. The standard InChI is InChI=1S/C18H23N5O.HI/c1-14-21-17(24-22-14)13-20-18(19-2)23-10-8-16(9-11-23)12-15-6-4-3-5-7-15;/h3-7,12H,8-11,13H2,1-2H3,(H,19,20);1H. The van der Waals surface area contributed by atoms with Crippen LogP contribution in [-0.4, -0.2) is 41.1 Å². The van der Waals surface area contributed by atoms with E-state index in [1.54, 1.807) is 7.05 Å². The molecule has 0 saturated carbocycles. The Balaban J connectivity index is 0.00000225. The summed E-state index contributed by atoms with van der Waals surface area (Å²) in [4.78, 5) is 10.8. The molecule has 2 heterocycles. The Bertz CT molecular complexity index is 716. The lowest BCUT2D eigenvalue weighted by molar-refractivity contribution is 0.354. The molecule has 25 heavy (non-hydrogen) atoms. The van der Waals surface area contributed by atoms with Crippen molar-refractivity contribution in [2.24, 2.45) is 4.99 Å². The van der Waals surface area contributed by atoms with Crippen molar-refractivity contribution in [1.82, 2.24) is 20.4 Å². The number of piperidine rings is 1. The first-order valence-corrected chi connectivity index (χ1v) is 8.24. The summed E-state index contributed by atoms with van der Waals surface area (Å²) in [6, 6.07) is 10.5. The summed E-state index contributed by atoms with van der Waals surface area (Å²) in [5.74, 6) is 2.11. The second-order valence-electron chi connectivity index (χ2n) is 5.84. The van der Waals surface area contributed by atoms with Gasteiger partial charge in [0.05, 0.1) is 6.54 Å². The van der Waals surface area contributed by atoms with Crippen LogP contribution in [0.2, 0.25) is 0 Å². The van der Waals surface area contributed by atoms with Gasteiger partial charge in [0.2, 0.25) is 5.89 Å². The maximum absolute atomic E-state index is 5.12. The number of nitrogens with zero attached hydrogens (tertiary/aromatic N) is 4. The van der Waals surface area contributed by atoms with Crippen LogP contribution >= 0.6 is 24.0 Å². The van der Waals surface area contributed by atoms with Gasteiger partial charge in [0.15, 0.2) is 11.8 Å². The molecule has 1 fully saturated rings. The quantitative estimate of drug-likeness (QED) is 0.439. The number of guanidine groups is 1. The molecule has 7 heteroatoms. The number of hydrogen-bond donors (Lipinski definition) is 1. The van der Waals surface area contributed by atoms with Crippen molar-refractivity contribution < 1.29 is 4.52 Å². The number of benzene rings is 1. The molecule has 0 spiro atoms. The van der Waals surface area contributed by atoms with Crippen molar-refractivity contribution >= 4 is 36.0 Å². The number of hydrogen-bond acceptors (Lipinski definition) is 4. The highest BCUT2D eigenvalue weighted by molar-refractivity contribution is 14.0. The van der Waals surface area contributed by atoms with E-state index in [0.717, 1.165) is 31.9 Å². The third kappa shape index (κ3) is 5.55. The van der Waals surface area contributed by atoms with E-state index in [4.69, 9.17) is 4.52 Å². The van der Waals surface area contributed by atoms with Gasteiger partial charge < -0.3 is 14.7 Å². The normalized spacial score (nSPS) is 14.9. The summed E-state index contributed by atoms with van der Waals surface area (Å²) in [5, 5.41) is 7.09. The largest absolute Gasteiger partial charge is 0.347 e. The molecular weight excluding hydrogens is 429 g/mol. The predicted octanol–water partition coefficient (Wildman–Crippen LogP) is 3.25. The molecule has 3 rings (SSSR count). The van der Waals surface area contributed by atoms with Gasteiger partial charge in [-0.3, -0.25) is 4.99 Å². The van der Waals surface area contributed by atoms with Crippen molar-refractivity contribution in [2.75, 3.05) is 20.1 Å². The van der Waals surface area contributed by atoms with Crippen LogP contribution in [0.25, 0.3) is 6.08 Å². The summed E-state index contributed by atoms with van der Waals surface area (Å²) in [5.41, 5.74) is 2.76. The Morgan fingerprint density at radius 2 is 2.00 bits per heavy atom. The Hall–Kier alpha value is -1.90. The minimum Gasteiger partial charge on any atom is -0.347 e. The second kappa shape index (κ2) is 9.55. The minimum atomic E-state index is 0. The molecule has 0 atom stereocenters. The molecule has 2 aromatic rings. The van der Waals surface area contributed by atoms with E-state index in [1.165, 1.54) is 11.1 Å². The van der Waals surface area contributed by atoms with Gasteiger partial charge in [-0.05, 0) is 25.3 Å². The monoisotopic (exact) mass is 453 g/mol. The van der Waals surface area contributed by atoms with Crippen LogP contribution < -0.4 is 5.32 Å². The molecule has 134 valence electrons. The van der Waals surface area contributed by atoms with E-state index in [0.29, 0.717) is 18.3 Å². The van der Waals surface area contributed by atoms with E-state index >= 15 is 0 Å². The predicted molar refractivity (Wildman–Crippen MR) is 110 cm³/mol. The molecular formula is C18H24IN5O. The molecule has 1 saturated heterocycles. The van der Waals surface area contributed by atoms with Crippen LogP contribution in [-0.2, 0) is 6.54 Å². The van der Waals surface area contributed by atoms with E-state index in [-0.39, 0.29) is 24.0 Å². The number of rotatable bonds is 3. The maximum atomic E-state index is 5.12. The summed E-state index contributed by atoms with van der Waals surface area (Å²) in [6.07, 6.45) is 4.40. The molecule has 0 bridgehead atoms. The zero-order valence-corrected chi connectivity index (χ0v) is 16.9. The molecule has 1 aliphatic rings. The zero-order chi connectivity index (χ0) is 16.8. The average molecular weight is 453 g/mol. The van der Waals surface area contributed by atoms with Crippen molar-refractivity contribution in [3.05, 3.63) is 53.2 Å². The molecule has 0 amide bonds. The summed E-state index contributed by atoms with van der Waals surface area (Å²) in [6.45, 7) is 4.23. The summed E-state index contributed by atoms with van der Waals surface area (Å²) >= 11 is 0. The van der Waals surface area contributed by atoms with Crippen LogP contribution in [0.3, 0.4) is 0 Å². The van der Waals surface area contributed by atoms with Crippen LogP contribution in [0.15, 0.2) is 45.4 Å². The van der Waals surface area contributed by atoms with Gasteiger partial charge in [0, 0.05) is 20.1 Å². The summed E-state index contributed by atoms with van der Waals surface area (Å²) < 4.78 is 5.12. The van der Waals surface area contributed by atoms with Crippen LogP contribution in [0.1, 0.15) is 30.1 Å². The van der Waals surface area contributed by atoms with Gasteiger partial charge in [0.1, 0.15) is 0 Å². The lowest BCUT2D eigenvalue weighted by atomic mass is 10.0. The number of halogens is 1. The number of aromatic nitrogens is 2. The maximum Gasteiger partial charge on any atom is 0.246 e. The molecule has 1 aromatic carbocycles. The molecule has 1 aromatic heterocycles. The Kier molecular flexibility index (Phi) is 7.42. The molecule has 0 unspecified atom stereocenters. The smallest absolute Gasteiger partial charge is 0.246 e. The number of aliphatic imine (C=N–C) groups is 1. The highest BCUT2D eigenvalue weighted by atomic mass is 127. The van der Waals surface area contributed by atoms with E-state index < -0.39 is 0 Å². The molecule has 6 nitrogen and oxygen atoms in total. The van der Waals surface area contributed by atoms with Crippen LogP contribution in [0.5, 0.6) is 0 Å². The van der Waals surface area contributed by atoms with Gasteiger partial charge in [-0.15, -0.1) is 24.0 Å². The SMILES string of the molecule is CN=C(NCc1nc(C)no1)N1CCC(=Cc2ccccc2)CC1.I. The lowest BCUT2D eigenvalue weighted by Gasteiger charge is -2.31. The van der Waals surface area contributed by atoms with Gasteiger partial charge in [0.25, 0.3) is 0 Å². The first kappa shape index (κ1) is 19.4. The fourth-order valence-electron chi connectivity index (χ4n) is 2.83. The number of nitrogens with one attached hydrogen (secondary N) is 1. The molecule has 1 aliphatic heterocycles. The van der Waals surface area contributed by atoms with Crippen molar-refractivity contribution in [3.63, 3.8) is 0 Å². The van der Waals surface area contributed by atoms with Crippen molar-refractivity contribution in [3.8, 4) is 0 Å². The summed E-state index contributed by atoms with van der Waals surface area (Å²) in [7, 11) is 1.80. The second-order valence-corrected chi connectivity index (χ2v) is 5.84. The lowest BCUT2D eigenvalue weighted by Crippen LogP contribution is -2.44. The van der Waals surface area contributed by atoms with Crippen molar-refractivity contribution in [2.45, 2.75) is 26.3 Å². The van der Waals surface area contributed by atoms with Crippen molar-refractivity contribution in [1.29, 1.82) is 0 Å². The van der Waals surface area contributed by atoms with Gasteiger partial charge >= 0.3 is 0 Å². The Labute approximate surface area is 165 Å². The minimum absolute atomic E-state index is 0. The first-order chi connectivity index (χ1) is 11.7. The third-order valence-electron chi connectivity index (χ3n) is 4.05.